The first-order valence-corrected chi connectivity index (χ1v) is 19.7. The first-order valence-electron chi connectivity index (χ1n) is 18.2. The van der Waals surface area contributed by atoms with Crippen LogP contribution in [0.1, 0.15) is 46.1 Å². The third-order valence-electron chi connectivity index (χ3n) is 10.2. The Bertz CT molecular complexity index is 2250. The molecule has 276 valence electrons. The van der Waals surface area contributed by atoms with E-state index in [0.717, 1.165) is 65.3 Å². The zero-order valence-electron chi connectivity index (χ0n) is 29.7. The van der Waals surface area contributed by atoms with Gasteiger partial charge in [-0.3, -0.25) is 9.88 Å². The summed E-state index contributed by atoms with van der Waals surface area (Å²) in [6, 6.07) is 36.6. The number of nitrogens with zero attached hydrogens (tertiary/aromatic N) is 5. The molecule has 12 heteroatoms. The van der Waals surface area contributed by atoms with E-state index < -0.39 is 16.3 Å². The van der Waals surface area contributed by atoms with Crippen LogP contribution in [0.3, 0.4) is 0 Å². The van der Waals surface area contributed by atoms with E-state index in [0.29, 0.717) is 12.1 Å². The Balaban J connectivity index is 1.04. The van der Waals surface area contributed by atoms with Crippen molar-refractivity contribution in [3.63, 3.8) is 0 Å². The fourth-order valence-electron chi connectivity index (χ4n) is 7.35. The fourth-order valence-corrected chi connectivity index (χ4v) is 8.54. The van der Waals surface area contributed by atoms with Crippen LogP contribution in [0.4, 0.5) is 5.95 Å². The van der Waals surface area contributed by atoms with Gasteiger partial charge in [0.05, 0.1) is 24.3 Å². The van der Waals surface area contributed by atoms with Crippen LogP contribution in [0.5, 0.6) is 0 Å². The van der Waals surface area contributed by atoms with Crippen LogP contribution in [0.15, 0.2) is 139 Å². The molecule has 2 aliphatic heterocycles. The van der Waals surface area contributed by atoms with Gasteiger partial charge in [0, 0.05) is 74.7 Å². The van der Waals surface area contributed by atoms with E-state index in [4.69, 9.17) is 9.47 Å². The largest absolute Gasteiger partial charge is 0.392 e. The number of anilines is 1. The van der Waals surface area contributed by atoms with Gasteiger partial charge in [-0.05, 0) is 40.5 Å². The van der Waals surface area contributed by atoms with Gasteiger partial charge in [-0.1, -0.05) is 97.1 Å². The number of pyridine rings is 1. The van der Waals surface area contributed by atoms with Gasteiger partial charge >= 0.3 is 0 Å². The standard InChI is InChI=1S/C42H42N6O5S/c49-29-31-14-16-34(17-15-31)40-38(32-7-2-1-3-8-32)36(28-47-23-25-48(26-24-47)42-44-21-6-22-45-42)52-41(53-40)35-18-12-30(13-19-35)27-46-54(50,51)37-11-4-9-33-10-5-20-43-39(33)37/h1-22,36,38,40-41,46,49H,23-29H2. The maximum absolute atomic E-state index is 13.4. The number of benzene rings is 4. The maximum atomic E-state index is 13.4. The molecule has 6 aromatic rings. The molecule has 54 heavy (non-hydrogen) atoms. The predicted octanol–water partition coefficient (Wildman–Crippen LogP) is 5.76. The predicted molar refractivity (Wildman–Crippen MR) is 206 cm³/mol. The molecule has 2 aliphatic rings. The van der Waals surface area contributed by atoms with Crippen LogP contribution in [-0.2, 0) is 32.6 Å². The van der Waals surface area contributed by atoms with Gasteiger partial charge in [0.15, 0.2) is 6.29 Å². The summed E-state index contributed by atoms with van der Waals surface area (Å²) in [6.45, 7) is 4.04. The Morgan fingerprint density at radius 1 is 0.685 bits per heavy atom. The Morgan fingerprint density at radius 2 is 1.37 bits per heavy atom. The van der Waals surface area contributed by atoms with Crippen LogP contribution in [-0.4, -0.2) is 72.2 Å². The van der Waals surface area contributed by atoms with Gasteiger partial charge in [0.2, 0.25) is 16.0 Å². The summed E-state index contributed by atoms with van der Waals surface area (Å²) in [5.74, 6) is 0.630. The number of aliphatic hydroxyl groups excluding tert-OH is 1. The molecule has 8 rings (SSSR count). The Labute approximate surface area is 315 Å². The van der Waals surface area contributed by atoms with Gasteiger partial charge in [-0.2, -0.15) is 0 Å². The first-order chi connectivity index (χ1) is 26.4. The smallest absolute Gasteiger partial charge is 0.243 e. The van der Waals surface area contributed by atoms with Crippen LogP contribution in [0.25, 0.3) is 10.9 Å². The van der Waals surface area contributed by atoms with E-state index in [2.05, 4.69) is 41.6 Å². The molecule has 2 aromatic heterocycles. The minimum Gasteiger partial charge on any atom is -0.392 e. The normalized spacial score (nSPS) is 20.9. The number of hydrogen-bond donors (Lipinski definition) is 2. The van der Waals surface area contributed by atoms with Gasteiger partial charge in [0.1, 0.15) is 4.90 Å². The summed E-state index contributed by atoms with van der Waals surface area (Å²) in [6.07, 6.45) is 3.90. The summed E-state index contributed by atoms with van der Waals surface area (Å²) in [5.41, 5.74) is 5.02. The molecule has 2 saturated heterocycles. The number of para-hydroxylation sites is 1. The highest BCUT2D eigenvalue weighted by molar-refractivity contribution is 7.89. The summed E-state index contributed by atoms with van der Waals surface area (Å²) >= 11 is 0. The summed E-state index contributed by atoms with van der Waals surface area (Å²) in [5, 5.41) is 10.5. The van der Waals surface area contributed by atoms with Crippen molar-refractivity contribution in [1.29, 1.82) is 0 Å². The number of ether oxygens (including phenoxy) is 2. The molecule has 0 saturated carbocycles. The highest BCUT2D eigenvalue weighted by Crippen LogP contribution is 2.47. The van der Waals surface area contributed by atoms with Gasteiger partial charge < -0.3 is 19.5 Å². The van der Waals surface area contributed by atoms with E-state index in [9.17, 15) is 13.5 Å². The Hall–Kier alpha value is -5.08. The molecular weight excluding hydrogens is 701 g/mol. The highest BCUT2D eigenvalue weighted by atomic mass is 32.2. The number of fused-ring (bicyclic) bond motifs is 1. The zero-order valence-corrected chi connectivity index (χ0v) is 30.5. The fraction of sp³-hybridized carbons (Fsp3) is 0.262. The van der Waals surface area contributed by atoms with E-state index >= 15 is 0 Å². The van der Waals surface area contributed by atoms with Gasteiger partial charge in [-0.25, -0.2) is 23.1 Å². The molecule has 4 unspecified atom stereocenters. The van der Waals surface area contributed by atoms with E-state index in [1.165, 1.54) is 0 Å². The lowest BCUT2D eigenvalue weighted by Gasteiger charge is -2.45. The molecular formula is C42H42N6O5S. The van der Waals surface area contributed by atoms with Crippen LogP contribution < -0.4 is 9.62 Å². The lowest BCUT2D eigenvalue weighted by atomic mass is 9.83. The second kappa shape index (κ2) is 16.1. The van der Waals surface area contributed by atoms with Crippen LogP contribution in [0.2, 0.25) is 0 Å². The number of aromatic nitrogens is 3. The van der Waals surface area contributed by atoms with Crippen molar-refractivity contribution in [2.24, 2.45) is 0 Å². The highest BCUT2D eigenvalue weighted by Gasteiger charge is 2.43. The summed E-state index contributed by atoms with van der Waals surface area (Å²) < 4.78 is 43.3. The molecule has 0 aliphatic carbocycles. The van der Waals surface area contributed by atoms with E-state index in [-0.39, 0.29) is 36.2 Å². The van der Waals surface area contributed by atoms with Gasteiger partial charge in [0.25, 0.3) is 0 Å². The number of rotatable bonds is 11. The minimum atomic E-state index is -3.82. The second-order valence-electron chi connectivity index (χ2n) is 13.6. The Kier molecular flexibility index (Phi) is 10.7. The van der Waals surface area contributed by atoms with Crippen molar-refractivity contribution in [3.05, 3.63) is 162 Å². The molecule has 4 heterocycles. The number of hydrogen-bond acceptors (Lipinski definition) is 10. The lowest BCUT2D eigenvalue weighted by molar-refractivity contribution is -0.263. The number of piperazine rings is 1. The van der Waals surface area contributed by atoms with Gasteiger partial charge in [-0.15, -0.1) is 0 Å². The second-order valence-corrected chi connectivity index (χ2v) is 15.4. The zero-order chi connectivity index (χ0) is 36.9. The van der Waals surface area contributed by atoms with Crippen molar-refractivity contribution >= 4 is 26.9 Å². The monoisotopic (exact) mass is 742 g/mol. The molecule has 2 N–H and O–H groups in total. The molecule has 4 aromatic carbocycles. The van der Waals surface area contributed by atoms with E-state index in [1.54, 1.807) is 36.8 Å². The Morgan fingerprint density at radius 3 is 2.11 bits per heavy atom. The third kappa shape index (κ3) is 7.90. The summed E-state index contributed by atoms with van der Waals surface area (Å²) in [4.78, 5) is 18.0. The molecule has 0 amide bonds. The maximum Gasteiger partial charge on any atom is 0.243 e. The first kappa shape index (κ1) is 35.9. The molecule has 0 bridgehead atoms. The number of aliphatic hydroxyl groups is 1. The van der Waals surface area contributed by atoms with Crippen molar-refractivity contribution in [2.75, 3.05) is 37.6 Å². The molecule has 0 spiro atoms. The topological polar surface area (TPSA) is 130 Å². The summed E-state index contributed by atoms with van der Waals surface area (Å²) in [7, 11) is -3.82. The van der Waals surface area contributed by atoms with E-state index in [1.807, 2.05) is 84.9 Å². The van der Waals surface area contributed by atoms with Crippen molar-refractivity contribution in [2.45, 2.75) is 42.5 Å². The number of sulfonamides is 1. The van der Waals surface area contributed by atoms with Crippen molar-refractivity contribution in [3.8, 4) is 0 Å². The average Bonchev–Trinajstić information content (AvgIpc) is 3.23. The lowest BCUT2D eigenvalue weighted by Crippen LogP contribution is -2.51. The molecule has 11 nitrogen and oxygen atoms in total. The van der Waals surface area contributed by atoms with Crippen LogP contribution >= 0.6 is 0 Å². The molecule has 0 radical (unpaired) electrons. The quantitative estimate of drug-likeness (QED) is 0.169. The minimum absolute atomic E-state index is 0.0381. The van der Waals surface area contributed by atoms with Crippen molar-refractivity contribution < 1.29 is 23.0 Å². The van der Waals surface area contributed by atoms with Crippen LogP contribution in [0, 0.1) is 0 Å². The van der Waals surface area contributed by atoms with Crippen molar-refractivity contribution in [1.82, 2.24) is 24.6 Å². The SMILES string of the molecule is O=S(=O)(NCc1ccc(C2OC(CN3CCN(c4ncccn4)CC3)C(c3ccccc3)C(c3ccc(CO)cc3)O2)cc1)c1cccc2cccnc12. The third-order valence-corrected chi connectivity index (χ3v) is 11.7. The average molecular weight is 743 g/mol. The molecule has 4 atom stereocenters. The number of nitrogens with one attached hydrogen (secondary N) is 1. The molecule has 2 fully saturated rings.